The minimum atomic E-state index is -0.418. The van der Waals surface area contributed by atoms with Crippen molar-refractivity contribution in [3.05, 3.63) is 82.7 Å². The number of aromatic nitrogens is 2. The third-order valence-electron chi connectivity index (χ3n) is 5.24. The number of carbonyl (C=O) groups is 4. The second kappa shape index (κ2) is 11.7. The first-order valence-electron chi connectivity index (χ1n) is 12.1. The van der Waals surface area contributed by atoms with Crippen molar-refractivity contribution in [2.75, 3.05) is 10.6 Å². The molecule has 8 nitrogen and oxygen atoms in total. The van der Waals surface area contributed by atoms with Gasteiger partial charge in [-0.1, -0.05) is 32.9 Å². The van der Waals surface area contributed by atoms with Crippen LogP contribution in [0.5, 0.6) is 0 Å². The van der Waals surface area contributed by atoms with Gasteiger partial charge in [-0.15, -0.1) is 0 Å². The topological polar surface area (TPSA) is 118 Å². The largest absolute Gasteiger partial charge is 0.311 e. The van der Waals surface area contributed by atoms with E-state index in [0.29, 0.717) is 34.8 Å². The number of carbonyl (C=O) groups excluding carboxylic acids is 4. The fourth-order valence-corrected chi connectivity index (χ4v) is 3.89. The number of pyridine rings is 2. The summed E-state index contributed by atoms with van der Waals surface area (Å²) in [5.74, 6) is -0.269. The van der Waals surface area contributed by atoms with E-state index in [1.54, 1.807) is 48.5 Å². The molecule has 2 aromatic heterocycles. The van der Waals surface area contributed by atoms with Gasteiger partial charge in [0.2, 0.25) is 5.91 Å². The van der Waals surface area contributed by atoms with Gasteiger partial charge in [0.05, 0.1) is 6.42 Å². The Morgan fingerprint density at radius 1 is 0.757 bits per heavy atom. The van der Waals surface area contributed by atoms with Crippen molar-refractivity contribution in [3.63, 3.8) is 0 Å². The maximum Gasteiger partial charge on any atom is 0.256 e. The van der Waals surface area contributed by atoms with E-state index in [2.05, 4.69) is 41.4 Å². The monoisotopic (exact) mass is 500 g/mol. The molecule has 192 valence electrons. The van der Waals surface area contributed by atoms with Gasteiger partial charge in [0.25, 0.3) is 5.91 Å². The molecule has 0 radical (unpaired) electrons. The number of rotatable bonds is 9. The summed E-state index contributed by atoms with van der Waals surface area (Å²) in [6, 6.07) is 15.4. The summed E-state index contributed by atoms with van der Waals surface area (Å²) in [6.45, 7) is 9.13. The van der Waals surface area contributed by atoms with E-state index in [1.165, 1.54) is 13.8 Å². The zero-order valence-corrected chi connectivity index (χ0v) is 21.8. The molecule has 1 aromatic carbocycles. The van der Waals surface area contributed by atoms with Crippen LogP contribution in [0.3, 0.4) is 0 Å². The molecule has 0 unspecified atom stereocenters. The van der Waals surface area contributed by atoms with Crippen molar-refractivity contribution in [1.29, 1.82) is 0 Å². The van der Waals surface area contributed by atoms with Gasteiger partial charge in [0, 0.05) is 35.9 Å². The molecule has 2 N–H and O–H groups in total. The molecule has 0 bridgehead atoms. The molecule has 0 spiro atoms. The summed E-state index contributed by atoms with van der Waals surface area (Å²) in [5.41, 5.74) is 2.72. The molecule has 2 heterocycles. The van der Waals surface area contributed by atoms with Gasteiger partial charge in [0.15, 0.2) is 5.78 Å². The molecule has 3 aromatic rings. The van der Waals surface area contributed by atoms with Gasteiger partial charge >= 0.3 is 0 Å². The Kier molecular flexibility index (Phi) is 8.65. The molecule has 3 rings (SSSR count). The predicted octanol–water partition coefficient (Wildman–Crippen LogP) is 4.83. The Hall–Kier alpha value is -4.20. The summed E-state index contributed by atoms with van der Waals surface area (Å²) < 4.78 is 0. The highest BCUT2D eigenvalue weighted by Crippen LogP contribution is 2.24. The van der Waals surface area contributed by atoms with Crippen molar-refractivity contribution in [3.8, 4) is 0 Å². The van der Waals surface area contributed by atoms with E-state index < -0.39 is 5.91 Å². The average Bonchev–Trinajstić information content (AvgIpc) is 2.77. The lowest BCUT2D eigenvalue weighted by molar-refractivity contribution is -0.116. The standard InChI is InChI=1S/C29H32N4O4/c1-18(34)12-23-8-6-9-24(31-23)16-25(36)21-13-20(17-29(3,4)5)14-22(15-21)28(37)33-27-11-7-10-26(32-27)30-19(2)35/h6-11,13-15H,12,16-17H2,1-5H3,(H2,30,32,33,35,37). The van der Waals surface area contributed by atoms with Gasteiger partial charge < -0.3 is 10.6 Å². The summed E-state index contributed by atoms with van der Waals surface area (Å²) >= 11 is 0. The van der Waals surface area contributed by atoms with Gasteiger partial charge in [0.1, 0.15) is 17.4 Å². The van der Waals surface area contributed by atoms with E-state index in [4.69, 9.17) is 0 Å². The van der Waals surface area contributed by atoms with Gasteiger partial charge in [-0.25, -0.2) is 4.98 Å². The van der Waals surface area contributed by atoms with Crippen LogP contribution in [0.1, 0.15) is 72.3 Å². The Bertz CT molecular complexity index is 1250. The molecule has 0 aliphatic carbocycles. The zero-order valence-electron chi connectivity index (χ0n) is 21.8. The third-order valence-corrected chi connectivity index (χ3v) is 5.24. The lowest BCUT2D eigenvalue weighted by atomic mass is 9.86. The second-order valence-electron chi connectivity index (χ2n) is 10.3. The van der Waals surface area contributed by atoms with Crippen molar-refractivity contribution < 1.29 is 19.2 Å². The van der Waals surface area contributed by atoms with E-state index in [1.807, 2.05) is 6.07 Å². The Morgan fingerprint density at radius 2 is 1.35 bits per heavy atom. The van der Waals surface area contributed by atoms with Gasteiger partial charge in [-0.05, 0) is 66.8 Å². The highest BCUT2D eigenvalue weighted by molar-refractivity contribution is 6.06. The lowest BCUT2D eigenvalue weighted by Gasteiger charge is -2.19. The Morgan fingerprint density at radius 3 is 1.97 bits per heavy atom. The molecular weight excluding hydrogens is 468 g/mol. The number of anilines is 2. The number of benzene rings is 1. The van der Waals surface area contributed by atoms with Crippen LogP contribution < -0.4 is 10.6 Å². The van der Waals surface area contributed by atoms with Crippen LogP contribution in [0.15, 0.2) is 54.6 Å². The maximum atomic E-state index is 13.3. The number of nitrogens with one attached hydrogen (secondary N) is 2. The summed E-state index contributed by atoms with van der Waals surface area (Å²) in [6.07, 6.45) is 0.924. The van der Waals surface area contributed by atoms with Crippen LogP contribution in [0.25, 0.3) is 0 Å². The number of Topliss-reactive ketones (excluding diaryl/α,β-unsaturated/α-hetero) is 2. The van der Waals surface area contributed by atoms with Gasteiger partial charge in [-0.2, -0.15) is 0 Å². The maximum absolute atomic E-state index is 13.3. The Labute approximate surface area is 216 Å². The van der Waals surface area contributed by atoms with Crippen molar-refractivity contribution >= 4 is 35.0 Å². The first-order chi connectivity index (χ1) is 17.4. The third kappa shape index (κ3) is 8.75. The quantitative estimate of drug-likeness (QED) is 0.406. The van der Waals surface area contributed by atoms with Crippen LogP contribution in [0.2, 0.25) is 0 Å². The first kappa shape index (κ1) is 27.4. The van der Waals surface area contributed by atoms with Gasteiger partial charge in [-0.3, -0.25) is 24.2 Å². The van der Waals surface area contributed by atoms with E-state index in [-0.39, 0.29) is 41.5 Å². The first-order valence-corrected chi connectivity index (χ1v) is 12.1. The minimum absolute atomic E-state index is 0.00128. The minimum Gasteiger partial charge on any atom is -0.311 e. The van der Waals surface area contributed by atoms with E-state index in [9.17, 15) is 19.2 Å². The van der Waals surface area contributed by atoms with E-state index >= 15 is 0 Å². The molecule has 0 fully saturated rings. The molecule has 0 saturated heterocycles. The molecule has 2 amide bonds. The van der Waals surface area contributed by atoms with Crippen molar-refractivity contribution in [1.82, 2.24) is 9.97 Å². The number of amides is 2. The molecule has 0 aliphatic rings. The summed E-state index contributed by atoms with van der Waals surface area (Å²) in [4.78, 5) is 57.9. The molecular formula is C29H32N4O4. The fourth-order valence-electron chi connectivity index (χ4n) is 3.89. The molecule has 37 heavy (non-hydrogen) atoms. The summed E-state index contributed by atoms with van der Waals surface area (Å²) in [5, 5.41) is 5.33. The number of ketones is 2. The smallest absolute Gasteiger partial charge is 0.256 e. The molecule has 0 saturated carbocycles. The Balaban J connectivity index is 1.88. The highest BCUT2D eigenvalue weighted by atomic mass is 16.2. The molecule has 0 atom stereocenters. The van der Waals surface area contributed by atoms with Crippen molar-refractivity contribution in [2.24, 2.45) is 5.41 Å². The highest BCUT2D eigenvalue weighted by Gasteiger charge is 2.18. The normalized spacial score (nSPS) is 11.1. The lowest BCUT2D eigenvalue weighted by Crippen LogP contribution is -2.17. The number of nitrogens with zero attached hydrogens (tertiary/aromatic N) is 2. The number of hydrogen-bond acceptors (Lipinski definition) is 6. The fraction of sp³-hybridized carbons (Fsp3) is 0.310. The predicted molar refractivity (Wildman–Crippen MR) is 143 cm³/mol. The molecule has 0 aliphatic heterocycles. The van der Waals surface area contributed by atoms with Crippen LogP contribution in [-0.2, 0) is 28.9 Å². The van der Waals surface area contributed by atoms with E-state index in [0.717, 1.165) is 5.56 Å². The second-order valence-corrected chi connectivity index (χ2v) is 10.3. The van der Waals surface area contributed by atoms with Crippen molar-refractivity contribution in [2.45, 2.75) is 53.9 Å². The SMILES string of the molecule is CC(=O)Cc1cccc(CC(=O)c2cc(CC(C)(C)C)cc(C(=O)Nc3cccc(NC(C)=O)n3)c2)n1. The zero-order chi connectivity index (χ0) is 27.2. The van der Waals surface area contributed by atoms with Crippen LogP contribution in [-0.4, -0.2) is 33.3 Å². The average molecular weight is 501 g/mol. The van der Waals surface area contributed by atoms with Crippen LogP contribution in [0, 0.1) is 5.41 Å². The van der Waals surface area contributed by atoms with Crippen LogP contribution in [0.4, 0.5) is 11.6 Å². The molecule has 8 heteroatoms. The summed E-state index contributed by atoms with van der Waals surface area (Å²) in [7, 11) is 0. The number of hydrogen-bond donors (Lipinski definition) is 2. The van der Waals surface area contributed by atoms with Crippen LogP contribution >= 0.6 is 0 Å².